The van der Waals surface area contributed by atoms with Gasteiger partial charge in [-0.3, -0.25) is 5.41 Å². The molecule has 0 aromatic heterocycles. The minimum Gasteiger partial charge on any atom is -0.458 e. The van der Waals surface area contributed by atoms with Crippen molar-refractivity contribution in [2.75, 3.05) is 14.1 Å². The Morgan fingerprint density at radius 3 is 2.93 bits per heavy atom. The van der Waals surface area contributed by atoms with Gasteiger partial charge in [0.25, 0.3) is 6.02 Å². The Bertz CT molecular complexity index is 246. The van der Waals surface area contributed by atoms with E-state index in [1.807, 2.05) is 14.1 Å². The number of amidine groups is 1. The fourth-order valence-electron chi connectivity index (χ4n) is 1.83. The lowest BCUT2D eigenvalue weighted by atomic mass is 9.94. The van der Waals surface area contributed by atoms with Crippen LogP contribution < -0.4 is 0 Å². The molecule has 0 heterocycles. The Balaban J connectivity index is 2.48. The fourth-order valence-corrected chi connectivity index (χ4v) is 1.83. The van der Waals surface area contributed by atoms with Crippen LogP contribution in [0.15, 0.2) is 11.6 Å². The van der Waals surface area contributed by atoms with Crippen LogP contribution in [-0.2, 0) is 4.74 Å². The van der Waals surface area contributed by atoms with Gasteiger partial charge in [0, 0.05) is 14.1 Å². The second-order valence-electron chi connectivity index (χ2n) is 4.32. The summed E-state index contributed by atoms with van der Waals surface area (Å²) in [5.74, 6) is 0. The van der Waals surface area contributed by atoms with E-state index in [2.05, 4.69) is 13.0 Å². The summed E-state index contributed by atoms with van der Waals surface area (Å²) in [4.78, 5) is 1.70. The van der Waals surface area contributed by atoms with E-state index >= 15 is 0 Å². The molecular weight excluding hydrogens is 188 g/mol. The van der Waals surface area contributed by atoms with Gasteiger partial charge >= 0.3 is 0 Å². The van der Waals surface area contributed by atoms with Crippen LogP contribution in [0.2, 0.25) is 0 Å². The van der Waals surface area contributed by atoms with Crippen molar-refractivity contribution in [3.05, 3.63) is 11.6 Å². The van der Waals surface area contributed by atoms with Crippen molar-refractivity contribution >= 4 is 6.02 Å². The summed E-state index contributed by atoms with van der Waals surface area (Å²) in [6.45, 7) is 2.20. The Kier molecular flexibility index (Phi) is 4.66. The maximum absolute atomic E-state index is 7.62. The average molecular weight is 210 g/mol. The molecule has 0 aromatic carbocycles. The molecule has 1 unspecified atom stereocenters. The Labute approximate surface area is 92.6 Å². The van der Waals surface area contributed by atoms with E-state index in [4.69, 9.17) is 10.1 Å². The highest BCUT2D eigenvalue weighted by molar-refractivity contribution is 5.69. The monoisotopic (exact) mass is 210 g/mol. The molecule has 15 heavy (non-hydrogen) atoms. The van der Waals surface area contributed by atoms with Gasteiger partial charge in [-0.2, -0.15) is 0 Å². The van der Waals surface area contributed by atoms with Gasteiger partial charge in [-0.1, -0.05) is 18.9 Å². The molecule has 0 spiro atoms. The number of nitrogens with zero attached hydrogens (tertiary/aromatic N) is 1. The smallest absolute Gasteiger partial charge is 0.284 e. The zero-order chi connectivity index (χ0) is 11.3. The van der Waals surface area contributed by atoms with Gasteiger partial charge < -0.3 is 9.64 Å². The Morgan fingerprint density at radius 2 is 2.33 bits per heavy atom. The van der Waals surface area contributed by atoms with Gasteiger partial charge in [0.1, 0.15) is 6.10 Å². The van der Waals surface area contributed by atoms with Crippen molar-refractivity contribution in [2.24, 2.45) is 0 Å². The first-order valence-electron chi connectivity index (χ1n) is 5.75. The summed E-state index contributed by atoms with van der Waals surface area (Å²) in [7, 11) is 3.67. The normalized spacial score (nSPS) is 20.7. The molecule has 1 aliphatic carbocycles. The van der Waals surface area contributed by atoms with E-state index in [-0.39, 0.29) is 12.1 Å². The highest BCUT2D eigenvalue weighted by Gasteiger charge is 2.16. The Hall–Kier alpha value is -0.990. The molecule has 0 aliphatic heterocycles. The lowest BCUT2D eigenvalue weighted by Gasteiger charge is -2.24. The zero-order valence-electron chi connectivity index (χ0n) is 10.0. The van der Waals surface area contributed by atoms with Gasteiger partial charge in [-0.15, -0.1) is 0 Å². The molecule has 3 nitrogen and oxygen atoms in total. The van der Waals surface area contributed by atoms with Crippen LogP contribution in [0.25, 0.3) is 0 Å². The van der Waals surface area contributed by atoms with Gasteiger partial charge in [0.05, 0.1) is 0 Å². The topological polar surface area (TPSA) is 36.3 Å². The fraction of sp³-hybridized carbons (Fsp3) is 0.750. The minimum absolute atomic E-state index is 0.121. The second-order valence-corrected chi connectivity index (χ2v) is 4.32. The molecular formula is C12H22N2O. The number of hydrogen-bond acceptors (Lipinski definition) is 2. The van der Waals surface area contributed by atoms with Crippen molar-refractivity contribution in [2.45, 2.75) is 45.1 Å². The van der Waals surface area contributed by atoms with Crippen LogP contribution in [-0.4, -0.2) is 31.1 Å². The van der Waals surface area contributed by atoms with E-state index in [1.165, 1.54) is 31.3 Å². The number of ether oxygens (including phenoxy) is 1. The molecule has 0 amide bonds. The van der Waals surface area contributed by atoms with Crippen LogP contribution in [0.5, 0.6) is 0 Å². The van der Waals surface area contributed by atoms with Gasteiger partial charge in [0.2, 0.25) is 0 Å². The largest absolute Gasteiger partial charge is 0.458 e. The summed E-state index contributed by atoms with van der Waals surface area (Å²) < 4.78 is 5.56. The van der Waals surface area contributed by atoms with Crippen molar-refractivity contribution in [1.29, 1.82) is 5.41 Å². The molecule has 0 saturated heterocycles. The summed E-state index contributed by atoms with van der Waals surface area (Å²) >= 11 is 0. The summed E-state index contributed by atoms with van der Waals surface area (Å²) in [6, 6.07) is 0.258. The molecule has 0 radical (unpaired) electrons. The van der Waals surface area contributed by atoms with Crippen molar-refractivity contribution in [3.63, 3.8) is 0 Å². The first-order chi connectivity index (χ1) is 7.13. The van der Waals surface area contributed by atoms with Crippen LogP contribution in [0.4, 0.5) is 0 Å². The van der Waals surface area contributed by atoms with Crippen LogP contribution >= 0.6 is 0 Å². The number of hydrogen-bond donors (Lipinski definition) is 1. The predicted molar refractivity (Wildman–Crippen MR) is 63.1 cm³/mol. The van der Waals surface area contributed by atoms with Crippen LogP contribution in [0.3, 0.4) is 0 Å². The molecule has 0 fully saturated rings. The first-order valence-corrected chi connectivity index (χ1v) is 5.75. The summed E-state index contributed by atoms with van der Waals surface area (Å²) in [5.41, 5.74) is 1.50. The van der Waals surface area contributed by atoms with Crippen molar-refractivity contribution in [1.82, 2.24) is 4.90 Å². The molecule has 86 valence electrons. The van der Waals surface area contributed by atoms with E-state index in [9.17, 15) is 0 Å². The van der Waals surface area contributed by atoms with E-state index in [1.54, 1.807) is 4.90 Å². The van der Waals surface area contributed by atoms with Crippen molar-refractivity contribution < 1.29 is 4.74 Å². The number of nitrogens with one attached hydrogen (secondary N) is 1. The standard InChI is InChI=1S/C12H22N2O/c1-4-6-10-7-5-8-11(9-10)15-12(13)14(2)3/h9,11,13H,4-8H2,1-3H3. The van der Waals surface area contributed by atoms with Crippen LogP contribution in [0, 0.1) is 5.41 Å². The zero-order valence-corrected chi connectivity index (χ0v) is 10.0. The second kappa shape index (κ2) is 5.79. The third-order valence-electron chi connectivity index (χ3n) is 2.65. The summed E-state index contributed by atoms with van der Waals surface area (Å²) in [5, 5.41) is 7.62. The predicted octanol–water partition coefficient (Wildman–Crippen LogP) is 2.78. The maximum atomic E-state index is 7.62. The number of allylic oxidation sites excluding steroid dienone is 1. The minimum atomic E-state index is 0.121. The Morgan fingerprint density at radius 1 is 1.60 bits per heavy atom. The highest BCUT2D eigenvalue weighted by atomic mass is 16.5. The first kappa shape index (κ1) is 12.1. The molecule has 3 heteroatoms. The SMILES string of the molecule is CCCC1=CC(OC(=N)N(C)C)CCC1. The van der Waals surface area contributed by atoms with Crippen LogP contribution in [0.1, 0.15) is 39.0 Å². The molecule has 1 atom stereocenters. The molecule has 0 aromatic rings. The molecule has 1 aliphatic rings. The highest BCUT2D eigenvalue weighted by Crippen LogP contribution is 2.23. The van der Waals surface area contributed by atoms with E-state index < -0.39 is 0 Å². The lowest BCUT2D eigenvalue weighted by Crippen LogP contribution is -2.29. The molecule has 0 saturated carbocycles. The van der Waals surface area contributed by atoms with Gasteiger partial charge in [-0.25, -0.2) is 0 Å². The third-order valence-corrected chi connectivity index (χ3v) is 2.65. The average Bonchev–Trinajstić information content (AvgIpc) is 2.18. The number of rotatable bonds is 3. The third kappa shape index (κ3) is 3.94. The maximum Gasteiger partial charge on any atom is 0.284 e. The lowest BCUT2D eigenvalue weighted by molar-refractivity contribution is 0.180. The van der Waals surface area contributed by atoms with E-state index in [0.717, 1.165) is 6.42 Å². The summed E-state index contributed by atoms with van der Waals surface area (Å²) in [6.07, 6.45) is 8.16. The van der Waals surface area contributed by atoms with Gasteiger partial charge in [-0.05, 0) is 31.8 Å². The van der Waals surface area contributed by atoms with Gasteiger partial charge in [0.15, 0.2) is 0 Å². The van der Waals surface area contributed by atoms with E-state index in [0.29, 0.717) is 0 Å². The molecule has 1 rings (SSSR count). The quantitative estimate of drug-likeness (QED) is 0.442. The van der Waals surface area contributed by atoms with Crippen molar-refractivity contribution in [3.8, 4) is 0 Å². The molecule has 1 N–H and O–H groups in total. The molecule has 0 bridgehead atoms.